The smallest absolute Gasteiger partial charge is 0.236 e. The lowest BCUT2D eigenvalue weighted by atomic mass is 10.2. The van der Waals surface area contributed by atoms with Crippen molar-refractivity contribution in [2.75, 3.05) is 33.2 Å². The van der Waals surface area contributed by atoms with Gasteiger partial charge in [0.2, 0.25) is 5.91 Å². The summed E-state index contributed by atoms with van der Waals surface area (Å²) in [6, 6.07) is 3.35. The molecule has 6 heteroatoms. The molecule has 0 saturated heterocycles. The third kappa shape index (κ3) is 3.17. The van der Waals surface area contributed by atoms with Crippen molar-refractivity contribution in [3.63, 3.8) is 0 Å². The zero-order chi connectivity index (χ0) is 12.8. The molecular formula is C11H16N2O4. The molecule has 6 nitrogen and oxygen atoms in total. The molecule has 0 atom stereocenters. The van der Waals surface area contributed by atoms with Crippen molar-refractivity contribution in [1.29, 1.82) is 0 Å². The van der Waals surface area contributed by atoms with Crippen molar-refractivity contribution in [1.82, 2.24) is 0 Å². The molecule has 1 aromatic rings. The van der Waals surface area contributed by atoms with Gasteiger partial charge in [-0.05, 0) is 0 Å². The number of hydrogen-bond donors (Lipinski definition) is 2. The largest absolute Gasteiger partial charge is 0.494 e. The van der Waals surface area contributed by atoms with Gasteiger partial charge in [-0.25, -0.2) is 0 Å². The lowest BCUT2D eigenvalue weighted by Gasteiger charge is -2.14. The first-order valence-electron chi connectivity index (χ1n) is 4.94. The van der Waals surface area contributed by atoms with E-state index in [-0.39, 0.29) is 6.54 Å². The van der Waals surface area contributed by atoms with Gasteiger partial charge in [-0.15, -0.1) is 0 Å². The Morgan fingerprint density at radius 2 is 1.65 bits per heavy atom. The highest BCUT2D eigenvalue weighted by Gasteiger charge is 2.11. The van der Waals surface area contributed by atoms with E-state index in [1.165, 1.54) is 21.3 Å². The Morgan fingerprint density at radius 1 is 1.12 bits per heavy atom. The Kier molecular flexibility index (Phi) is 4.45. The molecule has 1 aromatic carbocycles. The molecule has 0 radical (unpaired) electrons. The zero-order valence-corrected chi connectivity index (χ0v) is 10.1. The number of benzene rings is 1. The molecule has 0 aromatic heterocycles. The number of primary amides is 1. The minimum atomic E-state index is -0.457. The third-order valence-corrected chi connectivity index (χ3v) is 2.16. The van der Waals surface area contributed by atoms with Gasteiger partial charge in [0.15, 0.2) is 11.5 Å². The van der Waals surface area contributed by atoms with Crippen LogP contribution < -0.4 is 25.3 Å². The summed E-state index contributed by atoms with van der Waals surface area (Å²) in [4.78, 5) is 10.7. The van der Waals surface area contributed by atoms with Gasteiger partial charge in [0, 0.05) is 12.1 Å². The number of ether oxygens (including phenoxy) is 3. The summed E-state index contributed by atoms with van der Waals surface area (Å²) in [5.41, 5.74) is 5.68. The van der Waals surface area contributed by atoms with Crippen LogP contribution in [0.1, 0.15) is 0 Å². The van der Waals surface area contributed by atoms with Gasteiger partial charge in [-0.1, -0.05) is 0 Å². The Hall–Kier alpha value is -2.11. The molecule has 0 aliphatic carbocycles. The highest BCUT2D eigenvalue weighted by Crippen LogP contribution is 2.37. The number of rotatable bonds is 6. The van der Waals surface area contributed by atoms with Crippen LogP contribution in [0.4, 0.5) is 5.69 Å². The summed E-state index contributed by atoms with van der Waals surface area (Å²) in [6.07, 6.45) is 0. The summed E-state index contributed by atoms with van der Waals surface area (Å²) in [6.45, 7) is 0.0197. The lowest BCUT2D eigenvalue weighted by Crippen LogP contribution is -2.22. The van der Waals surface area contributed by atoms with Crippen molar-refractivity contribution in [3.05, 3.63) is 12.1 Å². The maximum Gasteiger partial charge on any atom is 0.236 e. The summed E-state index contributed by atoms with van der Waals surface area (Å²) in [5.74, 6) is 1.18. The monoisotopic (exact) mass is 240 g/mol. The van der Waals surface area contributed by atoms with Crippen molar-refractivity contribution in [2.45, 2.75) is 0 Å². The fraction of sp³-hybridized carbons (Fsp3) is 0.364. The van der Waals surface area contributed by atoms with Crippen LogP contribution in [0.3, 0.4) is 0 Å². The van der Waals surface area contributed by atoms with E-state index in [0.29, 0.717) is 22.9 Å². The molecule has 1 rings (SSSR count). The average Bonchev–Trinajstić information content (AvgIpc) is 2.34. The van der Waals surface area contributed by atoms with Crippen LogP contribution in [0.2, 0.25) is 0 Å². The Balaban J connectivity index is 3.05. The number of methoxy groups -OCH3 is 3. The number of carbonyl (C=O) groups is 1. The Labute approximate surface area is 99.6 Å². The van der Waals surface area contributed by atoms with Gasteiger partial charge in [-0.2, -0.15) is 0 Å². The van der Waals surface area contributed by atoms with Crippen LogP contribution in [0.25, 0.3) is 0 Å². The number of carbonyl (C=O) groups excluding carboxylic acids is 1. The lowest BCUT2D eigenvalue weighted by molar-refractivity contribution is -0.116. The number of amides is 1. The van der Waals surface area contributed by atoms with E-state index in [1.54, 1.807) is 12.1 Å². The van der Waals surface area contributed by atoms with E-state index in [0.717, 1.165) is 0 Å². The second-order valence-electron chi connectivity index (χ2n) is 3.23. The number of hydrogen-bond acceptors (Lipinski definition) is 5. The quantitative estimate of drug-likeness (QED) is 0.761. The first kappa shape index (κ1) is 13.0. The van der Waals surface area contributed by atoms with Crippen LogP contribution in [0.15, 0.2) is 12.1 Å². The van der Waals surface area contributed by atoms with Crippen molar-refractivity contribution in [2.24, 2.45) is 5.73 Å². The topological polar surface area (TPSA) is 82.8 Å². The van der Waals surface area contributed by atoms with Crippen LogP contribution >= 0.6 is 0 Å². The SMILES string of the molecule is COc1cc(OC)c(OC)cc1NCC(N)=O. The predicted molar refractivity (Wildman–Crippen MR) is 63.8 cm³/mol. The van der Waals surface area contributed by atoms with Crippen molar-refractivity contribution < 1.29 is 19.0 Å². The average molecular weight is 240 g/mol. The Morgan fingerprint density at radius 3 is 2.12 bits per heavy atom. The summed E-state index contributed by atoms with van der Waals surface area (Å²) < 4.78 is 15.5. The van der Waals surface area contributed by atoms with Crippen LogP contribution in [0.5, 0.6) is 17.2 Å². The molecule has 0 aliphatic rings. The summed E-state index contributed by atoms with van der Waals surface area (Å²) in [7, 11) is 4.59. The molecule has 0 unspecified atom stereocenters. The minimum absolute atomic E-state index is 0.0197. The molecule has 17 heavy (non-hydrogen) atoms. The van der Waals surface area contributed by atoms with Gasteiger partial charge < -0.3 is 25.3 Å². The summed E-state index contributed by atoms with van der Waals surface area (Å²) in [5, 5.41) is 2.85. The number of anilines is 1. The van der Waals surface area contributed by atoms with E-state index < -0.39 is 5.91 Å². The number of nitrogens with two attached hydrogens (primary N) is 1. The fourth-order valence-electron chi connectivity index (χ4n) is 1.35. The maximum atomic E-state index is 10.7. The highest BCUT2D eigenvalue weighted by molar-refractivity contribution is 5.80. The fourth-order valence-corrected chi connectivity index (χ4v) is 1.35. The molecule has 1 amide bonds. The maximum absolute atomic E-state index is 10.7. The molecule has 0 spiro atoms. The number of nitrogens with one attached hydrogen (secondary N) is 1. The molecule has 3 N–H and O–H groups in total. The van der Waals surface area contributed by atoms with Crippen LogP contribution in [-0.2, 0) is 4.79 Å². The molecule has 0 saturated carbocycles. The van der Waals surface area contributed by atoms with Gasteiger partial charge in [0.05, 0.1) is 33.6 Å². The van der Waals surface area contributed by atoms with E-state index in [4.69, 9.17) is 19.9 Å². The van der Waals surface area contributed by atoms with Gasteiger partial charge in [-0.3, -0.25) is 4.79 Å². The van der Waals surface area contributed by atoms with Gasteiger partial charge >= 0.3 is 0 Å². The first-order chi connectivity index (χ1) is 8.12. The first-order valence-corrected chi connectivity index (χ1v) is 4.94. The van der Waals surface area contributed by atoms with Crippen molar-refractivity contribution >= 4 is 11.6 Å². The molecule has 0 fully saturated rings. The highest BCUT2D eigenvalue weighted by atomic mass is 16.5. The Bertz CT molecular complexity index is 407. The molecule has 94 valence electrons. The van der Waals surface area contributed by atoms with Gasteiger partial charge in [0.25, 0.3) is 0 Å². The predicted octanol–water partition coefficient (Wildman–Crippen LogP) is 0.610. The van der Waals surface area contributed by atoms with E-state index in [1.807, 2.05) is 0 Å². The standard InChI is InChI=1S/C11H16N2O4/c1-15-8-5-10(17-3)9(16-2)4-7(8)13-6-11(12)14/h4-5,13H,6H2,1-3H3,(H2,12,14). The van der Waals surface area contributed by atoms with Crippen LogP contribution in [0, 0.1) is 0 Å². The molecule has 0 bridgehead atoms. The molecule has 0 aliphatic heterocycles. The zero-order valence-electron chi connectivity index (χ0n) is 10.1. The third-order valence-electron chi connectivity index (χ3n) is 2.16. The van der Waals surface area contributed by atoms with E-state index in [2.05, 4.69) is 5.32 Å². The van der Waals surface area contributed by atoms with Gasteiger partial charge in [0.1, 0.15) is 5.75 Å². The normalized spacial score (nSPS) is 9.59. The minimum Gasteiger partial charge on any atom is -0.494 e. The van der Waals surface area contributed by atoms with Crippen LogP contribution in [-0.4, -0.2) is 33.8 Å². The summed E-state index contributed by atoms with van der Waals surface area (Å²) >= 11 is 0. The van der Waals surface area contributed by atoms with E-state index >= 15 is 0 Å². The second-order valence-corrected chi connectivity index (χ2v) is 3.23. The molecule has 0 heterocycles. The van der Waals surface area contributed by atoms with E-state index in [9.17, 15) is 4.79 Å². The van der Waals surface area contributed by atoms with Crippen molar-refractivity contribution in [3.8, 4) is 17.2 Å². The second kappa shape index (κ2) is 5.83. The molecular weight excluding hydrogens is 224 g/mol.